The Morgan fingerprint density at radius 1 is 1.53 bits per heavy atom. The molecule has 0 amide bonds. The van der Waals surface area contributed by atoms with Gasteiger partial charge in [-0.2, -0.15) is 0 Å². The highest BCUT2D eigenvalue weighted by Crippen LogP contribution is 2.26. The number of morpholine rings is 1. The van der Waals surface area contributed by atoms with Crippen LogP contribution in [0.5, 0.6) is 0 Å². The van der Waals surface area contributed by atoms with E-state index in [1.807, 2.05) is 19.2 Å². The van der Waals surface area contributed by atoms with Gasteiger partial charge in [0.25, 0.3) is 0 Å². The second kappa shape index (κ2) is 6.93. The van der Waals surface area contributed by atoms with Crippen LogP contribution in [-0.4, -0.2) is 54.3 Å². The monoisotopic (exact) mass is 264 g/mol. The summed E-state index contributed by atoms with van der Waals surface area (Å²) in [5.74, 6) is 0.816. The van der Waals surface area contributed by atoms with Crippen LogP contribution in [0.4, 0.5) is 0 Å². The van der Waals surface area contributed by atoms with E-state index in [1.54, 1.807) is 0 Å². The molecule has 106 valence electrons. The largest absolute Gasteiger partial charge is 0.374 e. The zero-order valence-corrected chi connectivity index (χ0v) is 12.1. The molecule has 1 N–H and O–H groups in total. The third-order valence-corrected chi connectivity index (χ3v) is 3.48. The topological polar surface area (TPSA) is 50.3 Å². The van der Waals surface area contributed by atoms with E-state index in [4.69, 9.17) is 4.74 Å². The summed E-state index contributed by atoms with van der Waals surface area (Å²) in [6, 6.07) is 2.20. The summed E-state index contributed by atoms with van der Waals surface area (Å²) in [5.41, 5.74) is 1.05. The molecule has 5 heteroatoms. The molecule has 1 aromatic rings. The van der Waals surface area contributed by atoms with Crippen molar-refractivity contribution < 1.29 is 4.74 Å². The van der Waals surface area contributed by atoms with Crippen LogP contribution >= 0.6 is 0 Å². The standard InChI is InChI=1S/C14H24N4O/c1-4-6-15-10-13-14(18(3)8-9-19-13)12-5-7-16-11(2)17-12/h5,7,13-15H,4,6,8-10H2,1-3H3. The first kappa shape index (κ1) is 14.4. The van der Waals surface area contributed by atoms with Crippen molar-refractivity contribution in [1.29, 1.82) is 0 Å². The van der Waals surface area contributed by atoms with Crippen molar-refractivity contribution in [2.24, 2.45) is 0 Å². The Kier molecular flexibility index (Phi) is 5.24. The third kappa shape index (κ3) is 3.72. The Balaban J connectivity index is 2.11. The lowest BCUT2D eigenvalue weighted by Crippen LogP contribution is -2.47. The van der Waals surface area contributed by atoms with Gasteiger partial charge in [-0.3, -0.25) is 4.90 Å². The highest BCUT2D eigenvalue weighted by atomic mass is 16.5. The molecule has 1 saturated heterocycles. The number of likely N-dealkylation sites (N-methyl/N-ethyl adjacent to an activating group) is 1. The third-order valence-electron chi connectivity index (χ3n) is 3.48. The Morgan fingerprint density at radius 2 is 2.37 bits per heavy atom. The number of aromatic nitrogens is 2. The molecule has 1 fully saturated rings. The first-order chi connectivity index (χ1) is 9.22. The average molecular weight is 264 g/mol. The normalized spacial score (nSPS) is 24.6. The van der Waals surface area contributed by atoms with Crippen molar-refractivity contribution >= 4 is 0 Å². The van der Waals surface area contributed by atoms with E-state index >= 15 is 0 Å². The predicted octanol–water partition coefficient (Wildman–Crippen LogP) is 1.16. The summed E-state index contributed by atoms with van der Waals surface area (Å²) in [6.07, 6.45) is 3.12. The number of ether oxygens (including phenoxy) is 1. The van der Waals surface area contributed by atoms with E-state index < -0.39 is 0 Å². The van der Waals surface area contributed by atoms with Gasteiger partial charge in [-0.1, -0.05) is 6.92 Å². The lowest BCUT2D eigenvalue weighted by atomic mass is 10.0. The van der Waals surface area contributed by atoms with Gasteiger partial charge in [-0.15, -0.1) is 0 Å². The van der Waals surface area contributed by atoms with E-state index in [0.29, 0.717) is 0 Å². The smallest absolute Gasteiger partial charge is 0.125 e. The van der Waals surface area contributed by atoms with E-state index in [9.17, 15) is 0 Å². The van der Waals surface area contributed by atoms with Gasteiger partial charge in [0.05, 0.1) is 24.4 Å². The van der Waals surface area contributed by atoms with Crippen LogP contribution in [0.15, 0.2) is 12.3 Å². The van der Waals surface area contributed by atoms with Crippen LogP contribution in [0.1, 0.15) is 30.9 Å². The fourth-order valence-corrected chi connectivity index (χ4v) is 2.51. The summed E-state index contributed by atoms with van der Waals surface area (Å²) in [4.78, 5) is 11.1. The molecule has 0 aromatic carbocycles. The number of hydrogen-bond acceptors (Lipinski definition) is 5. The summed E-state index contributed by atoms with van der Waals surface area (Å²) in [6.45, 7) is 7.72. The SMILES string of the molecule is CCCNCC1OCCN(C)C1c1ccnc(C)n1. The molecule has 0 bridgehead atoms. The van der Waals surface area contributed by atoms with Gasteiger partial charge in [0.2, 0.25) is 0 Å². The van der Waals surface area contributed by atoms with Gasteiger partial charge in [0.1, 0.15) is 5.82 Å². The van der Waals surface area contributed by atoms with Crippen molar-refractivity contribution in [3.8, 4) is 0 Å². The predicted molar refractivity (Wildman–Crippen MR) is 75.0 cm³/mol. The molecule has 1 aromatic heterocycles. The first-order valence-corrected chi connectivity index (χ1v) is 7.04. The molecule has 2 unspecified atom stereocenters. The molecule has 5 nitrogen and oxygen atoms in total. The number of rotatable bonds is 5. The lowest BCUT2D eigenvalue weighted by molar-refractivity contribution is -0.0626. The molecule has 0 spiro atoms. The summed E-state index contributed by atoms with van der Waals surface area (Å²) in [7, 11) is 2.14. The minimum absolute atomic E-state index is 0.152. The van der Waals surface area contributed by atoms with Gasteiger partial charge in [0.15, 0.2) is 0 Å². The Hall–Kier alpha value is -1.04. The summed E-state index contributed by atoms with van der Waals surface area (Å²) < 4.78 is 5.94. The Labute approximate surface area is 115 Å². The van der Waals surface area contributed by atoms with E-state index in [-0.39, 0.29) is 12.1 Å². The molecular weight excluding hydrogens is 240 g/mol. The van der Waals surface area contributed by atoms with Crippen molar-refractivity contribution in [3.63, 3.8) is 0 Å². The zero-order chi connectivity index (χ0) is 13.7. The molecule has 0 radical (unpaired) electrons. The Morgan fingerprint density at radius 3 is 3.11 bits per heavy atom. The summed E-state index contributed by atoms with van der Waals surface area (Å²) in [5, 5.41) is 3.44. The number of hydrogen-bond donors (Lipinski definition) is 1. The number of nitrogens with one attached hydrogen (secondary N) is 1. The first-order valence-electron chi connectivity index (χ1n) is 7.04. The van der Waals surface area contributed by atoms with E-state index in [2.05, 4.69) is 34.2 Å². The lowest BCUT2D eigenvalue weighted by Gasteiger charge is -2.38. The maximum absolute atomic E-state index is 5.94. The van der Waals surface area contributed by atoms with Gasteiger partial charge in [-0.25, -0.2) is 9.97 Å². The molecule has 2 heterocycles. The van der Waals surface area contributed by atoms with Crippen LogP contribution in [0.3, 0.4) is 0 Å². The van der Waals surface area contributed by atoms with Gasteiger partial charge >= 0.3 is 0 Å². The van der Waals surface area contributed by atoms with Gasteiger partial charge in [-0.05, 0) is 33.0 Å². The maximum atomic E-state index is 5.94. The van der Waals surface area contributed by atoms with E-state index in [0.717, 1.165) is 44.2 Å². The van der Waals surface area contributed by atoms with Crippen molar-refractivity contribution in [2.75, 3.05) is 33.3 Å². The highest BCUT2D eigenvalue weighted by Gasteiger charge is 2.32. The molecular formula is C14H24N4O. The van der Waals surface area contributed by atoms with Crippen molar-refractivity contribution in [3.05, 3.63) is 23.8 Å². The molecule has 0 aliphatic carbocycles. The summed E-state index contributed by atoms with van der Waals surface area (Å²) >= 11 is 0. The van der Waals surface area contributed by atoms with Crippen LogP contribution in [-0.2, 0) is 4.74 Å². The minimum atomic E-state index is 0.152. The maximum Gasteiger partial charge on any atom is 0.125 e. The van der Waals surface area contributed by atoms with Gasteiger partial charge < -0.3 is 10.1 Å². The van der Waals surface area contributed by atoms with Crippen LogP contribution in [0.25, 0.3) is 0 Å². The van der Waals surface area contributed by atoms with Crippen molar-refractivity contribution in [2.45, 2.75) is 32.4 Å². The minimum Gasteiger partial charge on any atom is -0.374 e. The van der Waals surface area contributed by atoms with Crippen LogP contribution in [0.2, 0.25) is 0 Å². The molecule has 1 aliphatic heterocycles. The van der Waals surface area contributed by atoms with Gasteiger partial charge in [0, 0.05) is 19.3 Å². The zero-order valence-electron chi connectivity index (χ0n) is 12.1. The molecule has 1 aliphatic rings. The quantitative estimate of drug-likeness (QED) is 0.809. The van der Waals surface area contributed by atoms with Crippen molar-refractivity contribution in [1.82, 2.24) is 20.2 Å². The molecule has 0 saturated carbocycles. The molecule has 19 heavy (non-hydrogen) atoms. The highest BCUT2D eigenvalue weighted by molar-refractivity contribution is 5.11. The number of nitrogens with zero attached hydrogens (tertiary/aromatic N) is 3. The Bertz CT molecular complexity index is 399. The molecule has 2 atom stereocenters. The number of aryl methyl sites for hydroxylation is 1. The second-order valence-corrected chi connectivity index (χ2v) is 5.07. The second-order valence-electron chi connectivity index (χ2n) is 5.07. The fourth-order valence-electron chi connectivity index (χ4n) is 2.51. The average Bonchev–Trinajstić information content (AvgIpc) is 2.39. The van der Waals surface area contributed by atoms with Crippen LogP contribution in [0, 0.1) is 6.92 Å². The van der Waals surface area contributed by atoms with Crippen LogP contribution < -0.4 is 5.32 Å². The molecule has 2 rings (SSSR count). The fraction of sp³-hybridized carbons (Fsp3) is 0.714. The van der Waals surface area contributed by atoms with E-state index in [1.165, 1.54) is 0 Å².